The SMILES string of the molecule is C1=CC(c2ccc(-c3[nH+]c(C4CN5CCC4CC5)no3)o2)CN=C1. The Labute approximate surface area is 140 Å². The molecule has 3 fully saturated rings. The van der Waals surface area contributed by atoms with E-state index in [2.05, 4.69) is 26.1 Å². The molecule has 0 amide bonds. The van der Waals surface area contributed by atoms with Gasteiger partial charge in [0.15, 0.2) is 5.16 Å². The first-order valence-corrected chi connectivity index (χ1v) is 8.75. The molecule has 1 N–H and O–H groups in total. The minimum Gasteiger partial charge on any atom is -0.453 e. The Bertz CT molecular complexity index is 783. The molecular weight excluding hydrogens is 304 g/mol. The fourth-order valence-corrected chi connectivity index (χ4v) is 4.14. The van der Waals surface area contributed by atoms with Gasteiger partial charge >= 0.3 is 11.7 Å². The highest BCUT2D eigenvalue weighted by molar-refractivity contribution is 5.72. The molecule has 0 aromatic carbocycles. The highest BCUT2D eigenvalue weighted by Crippen LogP contribution is 2.37. The first-order valence-electron chi connectivity index (χ1n) is 8.75. The van der Waals surface area contributed by atoms with Gasteiger partial charge < -0.3 is 9.32 Å². The second kappa shape index (κ2) is 5.70. The molecule has 4 aliphatic heterocycles. The van der Waals surface area contributed by atoms with E-state index in [4.69, 9.17) is 8.94 Å². The first kappa shape index (κ1) is 14.2. The van der Waals surface area contributed by atoms with Crippen molar-refractivity contribution in [1.29, 1.82) is 0 Å². The van der Waals surface area contributed by atoms with Crippen LogP contribution in [0.2, 0.25) is 0 Å². The van der Waals surface area contributed by atoms with Crippen LogP contribution in [0.4, 0.5) is 0 Å². The van der Waals surface area contributed by atoms with Crippen molar-refractivity contribution >= 4 is 6.21 Å². The molecule has 2 aromatic rings. The van der Waals surface area contributed by atoms with Gasteiger partial charge in [0, 0.05) is 12.8 Å². The zero-order valence-electron chi connectivity index (χ0n) is 13.5. The van der Waals surface area contributed by atoms with E-state index in [-0.39, 0.29) is 5.92 Å². The first-order chi connectivity index (χ1) is 11.9. The molecule has 0 saturated carbocycles. The maximum absolute atomic E-state index is 5.97. The smallest absolute Gasteiger partial charge is 0.381 e. The van der Waals surface area contributed by atoms with E-state index in [0.717, 1.165) is 30.6 Å². The van der Waals surface area contributed by atoms with Crippen LogP contribution in [0.5, 0.6) is 0 Å². The van der Waals surface area contributed by atoms with Crippen molar-refractivity contribution in [3.05, 3.63) is 35.9 Å². The number of nitrogens with zero attached hydrogens (tertiary/aromatic N) is 3. The molecule has 2 bridgehead atoms. The summed E-state index contributed by atoms with van der Waals surface area (Å²) in [6, 6.07) is 3.94. The maximum atomic E-state index is 5.97. The van der Waals surface area contributed by atoms with Gasteiger partial charge in [-0.3, -0.25) is 4.99 Å². The summed E-state index contributed by atoms with van der Waals surface area (Å²) in [7, 11) is 0. The standard InChI is InChI=1S/C18H20N4O2/c1-2-13(10-19-7-1)15-3-4-16(23-15)18-20-17(21-24-18)14-11-22-8-5-12(14)6-9-22/h1-4,7,12-14H,5-6,8-11H2/p+1. The Hall–Kier alpha value is -2.21. The molecule has 6 rings (SSSR count). The van der Waals surface area contributed by atoms with Gasteiger partial charge in [-0.05, 0) is 50.1 Å². The van der Waals surface area contributed by atoms with Crippen LogP contribution < -0.4 is 4.98 Å². The van der Waals surface area contributed by atoms with E-state index in [0.29, 0.717) is 17.6 Å². The molecule has 0 radical (unpaired) electrons. The van der Waals surface area contributed by atoms with Gasteiger partial charge in [-0.25, -0.2) is 4.52 Å². The van der Waals surface area contributed by atoms with Crippen molar-refractivity contribution in [2.75, 3.05) is 26.2 Å². The van der Waals surface area contributed by atoms with Crippen LogP contribution in [-0.4, -0.2) is 42.5 Å². The summed E-state index contributed by atoms with van der Waals surface area (Å²) < 4.78 is 11.5. The molecule has 6 heterocycles. The van der Waals surface area contributed by atoms with E-state index >= 15 is 0 Å². The average Bonchev–Trinajstić information content (AvgIpc) is 3.33. The van der Waals surface area contributed by atoms with Gasteiger partial charge in [-0.2, -0.15) is 4.98 Å². The van der Waals surface area contributed by atoms with Crippen LogP contribution in [0.1, 0.15) is 36.3 Å². The van der Waals surface area contributed by atoms with Crippen LogP contribution in [0.25, 0.3) is 11.7 Å². The number of aliphatic imine (C=N–C) groups is 1. The predicted octanol–water partition coefficient (Wildman–Crippen LogP) is 2.28. The summed E-state index contributed by atoms with van der Waals surface area (Å²) in [5.41, 5.74) is 0. The lowest BCUT2D eigenvalue weighted by Gasteiger charge is -2.42. The predicted molar refractivity (Wildman–Crippen MR) is 87.9 cm³/mol. The molecule has 6 heteroatoms. The molecule has 24 heavy (non-hydrogen) atoms. The molecule has 0 spiro atoms. The molecule has 6 nitrogen and oxygen atoms in total. The normalized spacial score (nSPS) is 31.7. The van der Waals surface area contributed by atoms with Gasteiger partial charge in [-0.15, -0.1) is 0 Å². The Morgan fingerprint density at radius 1 is 1.21 bits per heavy atom. The number of allylic oxidation sites excluding steroid dienone is 1. The summed E-state index contributed by atoms with van der Waals surface area (Å²) in [5.74, 6) is 4.56. The summed E-state index contributed by atoms with van der Waals surface area (Å²) in [5, 5.41) is 4.30. The summed E-state index contributed by atoms with van der Waals surface area (Å²) in [6.07, 6.45) is 8.42. The van der Waals surface area contributed by atoms with Crippen LogP contribution in [0, 0.1) is 5.92 Å². The number of H-pyrrole nitrogens is 1. The van der Waals surface area contributed by atoms with E-state index in [1.807, 2.05) is 24.4 Å². The van der Waals surface area contributed by atoms with Crippen LogP contribution in [0.15, 0.2) is 38.2 Å². The fraction of sp³-hybridized carbons (Fsp3) is 0.500. The Morgan fingerprint density at radius 3 is 2.88 bits per heavy atom. The Balaban J connectivity index is 1.37. The lowest BCUT2D eigenvalue weighted by Crippen LogP contribution is -2.47. The second-order valence-electron chi connectivity index (χ2n) is 6.97. The van der Waals surface area contributed by atoms with E-state index < -0.39 is 0 Å². The van der Waals surface area contributed by atoms with Crippen LogP contribution in [-0.2, 0) is 0 Å². The number of aromatic amines is 1. The monoisotopic (exact) mass is 325 g/mol. The van der Waals surface area contributed by atoms with Crippen LogP contribution >= 0.6 is 0 Å². The number of dihydropyridines is 1. The molecule has 2 atom stereocenters. The summed E-state index contributed by atoms with van der Waals surface area (Å²) in [4.78, 5) is 10.2. The molecule has 2 unspecified atom stereocenters. The lowest BCUT2D eigenvalue weighted by atomic mass is 9.79. The zero-order chi connectivity index (χ0) is 15.9. The molecule has 3 saturated heterocycles. The van der Waals surface area contributed by atoms with Crippen molar-refractivity contribution in [3.63, 3.8) is 0 Å². The number of piperidine rings is 3. The highest BCUT2D eigenvalue weighted by atomic mass is 16.5. The van der Waals surface area contributed by atoms with Crippen molar-refractivity contribution in [1.82, 2.24) is 10.1 Å². The number of hydrogen-bond acceptors (Lipinski definition) is 5. The summed E-state index contributed by atoms with van der Waals surface area (Å²) in [6.45, 7) is 4.27. The fourth-order valence-electron chi connectivity index (χ4n) is 4.14. The minimum absolute atomic E-state index is 0.202. The lowest BCUT2D eigenvalue weighted by molar-refractivity contribution is -0.388. The van der Waals surface area contributed by atoms with Gasteiger partial charge in [0.1, 0.15) is 5.76 Å². The number of hydrogen-bond donors (Lipinski definition) is 0. The Kier molecular flexibility index (Phi) is 3.36. The molecule has 4 aliphatic rings. The van der Waals surface area contributed by atoms with Crippen molar-refractivity contribution in [2.24, 2.45) is 10.9 Å². The molecule has 2 aromatic heterocycles. The quantitative estimate of drug-likeness (QED) is 0.868. The number of nitrogens with one attached hydrogen (secondary N) is 1. The Morgan fingerprint density at radius 2 is 2.12 bits per heavy atom. The van der Waals surface area contributed by atoms with Crippen LogP contribution in [0.3, 0.4) is 0 Å². The van der Waals surface area contributed by atoms with Crippen molar-refractivity contribution in [3.8, 4) is 11.7 Å². The van der Waals surface area contributed by atoms with Crippen molar-refractivity contribution < 1.29 is 13.9 Å². The number of rotatable bonds is 3. The molecule has 0 aliphatic carbocycles. The topological polar surface area (TPSA) is 68.9 Å². The summed E-state index contributed by atoms with van der Waals surface area (Å²) >= 11 is 0. The van der Waals surface area contributed by atoms with E-state index in [1.54, 1.807) is 0 Å². The number of furan rings is 1. The third-order valence-electron chi connectivity index (χ3n) is 5.54. The molecule has 124 valence electrons. The van der Waals surface area contributed by atoms with Crippen molar-refractivity contribution in [2.45, 2.75) is 24.7 Å². The number of fused-ring (bicyclic) bond motifs is 3. The second-order valence-corrected chi connectivity index (χ2v) is 6.97. The third kappa shape index (κ3) is 2.41. The van der Waals surface area contributed by atoms with Gasteiger partial charge in [0.05, 0.1) is 18.4 Å². The highest BCUT2D eigenvalue weighted by Gasteiger charge is 2.41. The molecular formula is C18H21N4O2+. The van der Waals surface area contributed by atoms with Gasteiger partial charge in [0.2, 0.25) is 5.76 Å². The largest absolute Gasteiger partial charge is 0.453 e. The van der Waals surface area contributed by atoms with E-state index in [9.17, 15) is 0 Å². The zero-order valence-corrected chi connectivity index (χ0v) is 13.5. The maximum Gasteiger partial charge on any atom is 0.381 e. The third-order valence-corrected chi connectivity index (χ3v) is 5.54. The average molecular weight is 325 g/mol. The van der Waals surface area contributed by atoms with Gasteiger partial charge in [0.25, 0.3) is 0 Å². The number of aromatic nitrogens is 2. The van der Waals surface area contributed by atoms with E-state index in [1.165, 1.54) is 25.9 Å². The van der Waals surface area contributed by atoms with Gasteiger partial charge in [-0.1, -0.05) is 6.08 Å². The minimum atomic E-state index is 0.202.